The summed E-state index contributed by atoms with van der Waals surface area (Å²) < 4.78 is 10.8. The number of hydrogen-bond donors (Lipinski definition) is 1. The molecule has 1 aliphatic heterocycles. The molecule has 0 radical (unpaired) electrons. The molecule has 0 aliphatic carbocycles. The zero-order valence-electron chi connectivity index (χ0n) is 7.91. The molecular weight excluding hydrogens is 172 g/mol. The Balaban J connectivity index is 2.55. The molecule has 0 saturated carbocycles. The fraction of sp³-hybridized carbons (Fsp3) is 0.889. The summed E-state index contributed by atoms with van der Waals surface area (Å²) in [6.07, 6.45) is 0.792. The van der Waals surface area contributed by atoms with Crippen molar-refractivity contribution in [1.29, 1.82) is 0 Å². The van der Waals surface area contributed by atoms with Gasteiger partial charge in [-0.15, -0.1) is 0 Å². The van der Waals surface area contributed by atoms with E-state index in [0.29, 0.717) is 32.7 Å². The minimum atomic E-state index is -0.571. The van der Waals surface area contributed by atoms with Gasteiger partial charge in [0.1, 0.15) is 11.4 Å². The summed E-state index contributed by atoms with van der Waals surface area (Å²) in [4.78, 5) is 11.0. The van der Waals surface area contributed by atoms with Gasteiger partial charge in [-0.05, 0) is 6.92 Å². The zero-order valence-corrected chi connectivity index (χ0v) is 7.91. The van der Waals surface area contributed by atoms with Crippen molar-refractivity contribution in [2.45, 2.75) is 25.4 Å². The van der Waals surface area contributed by atoms with Gasteiger partial charge in [-0.2, -0.15) is 0 Å². The van der Waals surface area contributed by atoms with E-state index >= 15 is 0 Å². The SMILES string of the molecule is CC(=O)CC1(CCO)COCCO1. The maximum Gasteiger partial charge on any atom is 0.132 e. The van der Waals surface area contributed by atoms with E-state index in [1.807, 2.05) is 0 Å². The van der Waals surface area contributed by atoms with E-state index in [-0.39, 0.29) is 12.4 Å². The molecule has 0 bridgehead atoms. The largest absolute Gasteiger partial charge is 0.396 e. The second kappa shape index (κ2) is 4.69. The Labute approximate surface area is 77.8 Å². The number of aliphatic hydroxyl groups excluding tert-OH is 1. The second-order valence-corrected chi connectivity index (χ2v) is 3.44. The van der Waals surface area contributed by atoms with E-state index in [9.17, 15) is 4.79 Å². The van der Waals surface area contributed by atoms with Crippen molar-refractivity contribution in [3.8, 4) is 0 Å². The summed E-state index contributed by atoms with van der Waals surface area (Å²) in [7, 11) is 0. The van der Waals surface area contributed by atoms with Crippen LogP contribution in [0, 0.1) is 0 Å². The normalized spacial score (nSPS) is 28.8. The molecule has 1 rings (SSSR count). The van der Waals surface area contributed by atoms with Gasteiger partial charge in [0, 0.05) is 19.4 Å². The molecule has 1 heterocycles. The fourth-order valence-electron chi connectivity index (χ4n) is 1.61. The fourth-order valence-corrected chi connectivity index (χ4v) is 1.61. The zero-order chi connectivity index (χ0) is 9.73. The van der Waals surface area contributed by atoms with Crippen LogP contribution in [-0.4, -0.2) is 42.9 Å². The van der Waals surface area contributed by atoms with Crippen molar-refractivity contribution < 1.29 is 19.4 Å². The van der Waals surface area contributed by atoms with E-state index in [1.165, 1.54) is 6.92 Å². The van der Waals surface area contributed by atoms with E-state index in [4.69, 9.17) is 14.6 Å². The molecule has 1 N–H and O–H groups in total. The number of ether oxygens (including phenoxy) is 2. The number of aliphatic hydroxyl groups is 1. The number of hydrogen-bond acceptors (Lipinski definition) is 4. The predicted octanol–water partition coefficient (Wildman–Crippen LogP) is 0.133. The van der Waals surface area contributed by atoms with E-state index in [0.717, 1.165) is 0 Å². The minimum absolute atomic E-state index is 0.0244. The highest BCUT2D eigenvalue weighted by Crippen LogP contribution is 2.24. The minimum Gasteiger partial charge on any atom is -0.396 e. The monoisotopic (exact) mass is 188 g/mol. The van der Waals surface area contributed by atoms with Crippen LogP contribution in [0.5, 0.6) is 0 Å². The predicted molar refractivity (Wildman–Crippen MR) is 46.5 cm³/mol. The standard InChI is InChI=1S/C9H16O4/c1-8(11)6-9(2-3-10)7-12-4-5-13-9/h10H,2-7H2,1H3. The van der Waals surface area contributed by atoms with Crippen LogP contribution in [0.25, 0.3) is 0 Å². The van der Waals surface area contributed by atoms with Gasteiger partial charge in [-0.1, -0.05) is 0 Å². The van der Waals surface area contributed by atoms with Crippen molar-refractivity contribution in [2.24, 2.45) is 0 Å². The van der Waals surface area contributed by atoms with Gasteiger partial charge < -0.3 is 14.6 Å². The molecule has 1 unspecified atom stereocenters. The highest BCUT2D eigenvalue weighted by molar-refractivity contribution is 5.76. The molecule has 13 heavy (non-hydrogen) atoms. The summed E-state index contributed by atoms with van der Waals surface area (Å²) in [5, 5.41) is 8.85. The third-order valence-corrected chi connectivity index (χ3v) is 2.14. The molecule has 76 valence electrons. The van der Waals surface area contributed by atoms with Crippen molar-refractivity contribution in [3.63, 3.8) is 0 Å². The number of ketones is 1. The van der Waals surface area contributed by atoms with Gasteiger partial charge in [0.05, 0.1) is 19.8 Å². The first kappa shape index (κ1) is 10.6. The van der Waals surface area contributed by atoms with Crippen molar-refractivity contribution in [2.75, 3.05) is 26.4 Å². The average molecular weight is 188 g/mol. The smallest absolute Gasteiger partial charge is 0.132 e. The topological polar surface area (TPSA) is 55.8 Å². The maximum atomic E-state index is 11.0. The Kier molecular flexibility index (Phi) is 3.84. The van der Waals surface area contributed by atoms with Gasteiger partial charge in [0.25, 0.3) is 0 Å². The quantitative estimate of drug-likeness (QED) is 0.681. The number of Topliss-reactive ketones (excluding diaryl/α,β-unsaturated/α-hetero) is 1. The van der Waals surface area contributed by atoms with Crippen LogP contribution < -0.4 is 0 Å². The van der Waals surface area contributed by atoms with Gasteiger partial charge in [-0.25, -0.2) is 0 Å². The molecule has 0 spiro atoms. The van der Waals surface area contributed by atoms with Gasteiger partial charge >= 0.3 is 0 Å². The summed E-state index contributed by atoms with van der Waals surface area (Å²) in [6.45, 7) is 3.04. The Bertz CT molecular complexity index is 167. The Hall–Kier alpha value is -0.450. The molecule has 0 aromatic heterocycles. The lowest BCUT2D eigenvalue weighted by atomic mass is 9.94. The molecule has 0 aromatic carbocycles. The molecule has 1 fully saturated rings. The molecular formula is C9H16O4. The summed E-state index contributed by atoms with van der Waals surface area (Å²) in [5.74, 6) is 0.0685. The maximum absolute atomic E-state index is 11.0. The van der Waals surface area contributed by atoms with Crippen molar-refractivity contribution in [1.82, 2.24) is 0 Å². The highest BCUT2D eigenvalue weighted by atomic mass is 16.6. The van der Waals surface area contributed by atoms with Crippen LogP contribution in [0.1, 0.15) is 19.8 Å². The molecule has 1 aliphatic rings. The molecule has 4 nitrogen and oxygen atoms in total. The Morgan fingerprint density at radius 1 is 1.54 bits per heavy atom. The van der Waals surface area contributed by atoms with Gasteiger partial charge in [0.2, 0.25) is 0 Å². The van der Waals surface area contributed by atoms with Crippen LogP contribution in [0.15, 0.2) is 0 Å². The molecule has 0 aromatic rings. The molecule has 1 atom stereocenters. The Morgan fingerprint density at radius 3 is 2.77 bits per heavy atom. The lowest BCUT2D eigenvalue weighted by Gasteiger charge is -2.36. The lowest BCUT2D eigenvalue weighted by molar-refractivity contribution is -0.171. The second-order valence-electron chi connectivity index (χ2n) is 3.44. The number of carbonyl (C=O) groups excluding carboxylic acids is 1. The summed E-state index contributed by atoms with van der Waals surface area (Å²) in [5.41, 5.74) is -0.571. The molecule has 4 heteroatoms. The number of rotatable bonds is 4. The first-order valence-corrected chi connectivity index (χ1v) is 4.50. The van der Waals surface area contributed by atoms with Crippen LogP contribution in [0.4, 0.5) is 0 Å². The third-order valence-electron chi connectivity index (χ3n) is 2.14. The van der Waals surface area contributed by atoms with Gasteiger partial charge in [0.15, 0.2) is 0 Å². The van der Waals surface area contributed by atoms with Crippen LogP contribution in [-0.2, 0) is 14.3 Å². The van der Waals surface area contributed by atoms with Crippen LogP contribution in [0.2, 0.25) is 0 Å². The van der Waals surface area contributed by atoms with Crippen molar-refractivity contribution in [3.05, 3.63) is 0 Å². The lowest BCUT2D eigenvalue weighted by Crippen LogP contribution is -2.45. The first-order chi connectivity index (χ1) is 6.18. The highest BCUT2D eigenvalue weighted by Gasteiger charge is 2.34. The third kappa shape index (κ3) is 3.06. The van der Waals surface area contributed by atoms with E-state index < -0.39 is 5.60 Å². The van der Waals surface area contributed by atoms with Crippen LogP contribution in [0.3, 0.4) is 0 Å². The number of carbonyl (C=O) groups is 1. The molecule has 1 saturated heterocycles. The summed E-state index contributed by atoms with van der Waals surface area (Å²) in [6, 6.07) is 0. The first-order valence-electron chi connectivity index (χ1n) is 4.50. The van der Waals surface area contributed by atoms with E-state index in [1.54, 1.807) is 0 Å². The van der Waals surface area contributed by atoms with Crippen LogP contribution >= 0.6 is 0 Å². The Morgan fingerprint density at radius 2 is 2.31 bits per heavy atom. The summed E-state index contributed by atoms with van der Waals surface area (Å²) >= 11 is 0. The molecule has 0 amide bonds. The van der Waals surface area contributed by atoms with Gasteiger partial charge in [-0.3, -0.25) is 4.79 Å². The van der Waals surface area contributed by atoms with Crippen molar-refractivity contribution >= 4 is 5.78 Å². The van der Waals surface area contributed by atoms with E-state index in [2.05, 4.69) is 0 Å². The average Bonchev–Trinajstić information content (AvgIpc) is 2.04.